The number of rotatable bonds is 2. The molecule has 4 heteroatoms. The number of aliphatic hydroxyl groups excluding tert-OH is 1. The molecule has 4 nitrogen and oxygen atoms in total. The molecule has 1 N–H and O–H groups in total. The molecule has 76 valence electrons. The standard InChI is InChI=1S/C9H17NO3/c1-7(12)13-9-5-10(2)4-3-8(9)6-11/h8-9,11H,3-6H2,1-2H3. The van der Waals surface area contributed by atoms with Gasteiger partial charge in [-0.05, 0) is 20.0 Å². The minimum atomic E-state index is -0.265. The number of carbonyl (C=O) groups is 1. The first-order chi connectivity index (χ1) is 6.13. The van der Waals surface area contributed by atoms with Crippen molar-refractivity contribution >= 4 is 5.97 Å². The zero-order chi connectivity index (χ0) is 9.84. The lowest BCUT2D eigenvalue weighted by atomic mass is 9.95. The summed E-state index contributed by atoms with van der Waals surface area (Å²) in [5.74, 6) is -0.154. The smallest absolute Gasteiger partial charge is 0.302 e. The molecular formula is C9H17NO3. The number of hydrogen-bond acceptors (Lipinski definition) is 4. The topological polar surface area (TPSA) is 49.8 Å². The number of hydrogen-bond donors (Lipinski definition) is 1. The third kappa shape index (κ3) is 2.97. The normalized spacial score (nSPS) is 30.1. The van der Waals surface area contributed by atoms with Crippen molar-refractivity contribution < 1.29 is 14.6 Å². The summed E-state index contributed by atoms with van der Waals surface area (Å²) in [5.41, 5.74) is 0. The highest BCUT2D eigenvalue weighted by atomic mass is 16.5. The number of likely N-dealkylation sites (N-methyl/N-ethyl adjacent to an activating group) is 1. The number of carbonyl (C=O) groups excluding carboxylic acids is 1. The molecule has 0 amide bonds. The van der Waals surface area contributed by atoms with Crippen LogP contribution in [0.25, 0.3) is 0 Å². The van der Waals surface area contributed by atoms with Gasteiger partial charge in [0.05, 0.1) is 0 Å². The van der Waals surface area contributed by atoms with Gasteiger partial charge in [-0.3, -0.25) is 4.79 Å². The van der Waals surface area contributed by atoms with E-state index in [2.05, 4.69) is 4.90 Å². The average Bonchev–Trinajstić information content (AvgIpc) is 2.03. The number of likely N-dealkylation sites (tertiary alicyclic amines) is 1. The molecule has 1 heterocycles. The van der Waals surface area contributed by atoms with Crippen molar-refractivity contribution in [3.63, 3.8) is 0 Å². The lowest BCUT2D eigenvalue weighted by Gasteiger charge is -2.34. The number of esters is 1. The molecule has 0 spiro atoms. The summed E-state index contributed by atoms with van der Waals surface area (Å²) in [6.07, 6.45) is 0.756. The third-order valence-corrected chi connectivity index (χ3v) is 2.45. The Morgan fingerprint density at radius 3 is 2.92 bits per heavy atom. The Labute approximate surface area is 78.5 Å². The van der Waals surface area contributed by atoms with E-state index >= 15 is 0 Å². The van der Waals surface area contributed by atoms with Crippen LogP contribution in [0.4, 0.5) is 0 Å². The van der Waals surface area contributed by atoms with E-state index in [0.717, 1.165) is 19.5 Å². The van der Waals surface area contributed by atoms with Crippen LogP contribution in [-0.2, 0) is 9.53 Å². The molecule has 1 fully saturated rings. The van der Waals surface area contributed by atoms with Gasteiger partial charge in [-0.25, -0.2) is 0 Å². The average molecular weight is 187 g/mol. The van der Waals surface area contributed by atoms with Crippen molar-refractivity contribution in [2.45, 2.75) is 19.4 Å². The van der Waals surface area contributed by atoms with E-state index in [0.29, 0.717) is 0 Å². The van der Waals surface area contributed by atoms with Gasteiger partial charge < -0.3 is 14.7 Å². The Balaban J connectivity index is 2.49. The van der Waals surface area contributed by atoms with Crippen LogP contribution >= 0.6 is 0 Å². The molecule has 1 rings (SSSR count). The second kappa shape index (κ2) is 4.58. The molecule has 13 heavy (non-hydrogen) atoms. The van der Waals surface area contributed by atoms with Crippen molar-refractivity contribution in [2.24, 2.45) is 5.92 Å². The Morgan fingerprint density at radius 2 is 2.38 bits per heavy atom. The minimum absolute atomic E-state index is 0.103. The van der Waals surface area contributed by atoms with Crippen molar-refractivity contribution in [1.82, 2.24) is 4.90 Å². The summed E-state index contributed by atoms with van der Waals surface area (Å²) in [6.45, 7) is 3.20. The van der Waals surface area contributed by atoms with Gasteiger partial charge in [0, 0.05) is 26.0 Å². The van der Waals surface area contributed by atoms with Crippen molar-refractivity contribution in [3.8, 4) is 0 Å². The molecule has 0 bridgehead atoms. The molecule has 1 aliphatic rings. The molecule has 1 aliphatic heterocycles. The van der Waals surface area contributed by atoms with Crippen LogP contribution in [0.2, 0.25) is 0 Å². The largest absolute Gasteiger partial charge is 0.461 e. The lowest BCUT2D eigenvalue weighted by molar-refractivity contribution is -0.153. The Hall–Kier alpha value is -0.610. The van der Waals surface area contributed by atoms with Crippen LogP contribution < -0.4 is 0 Å². The number of nitrogens with zero attached hydrogens (tertiary/aromatic N) is 1. The molecule has 0 aromatic rings. The molecule has 0 radical (unpaired) electrons. The fraction of sp³-hybridized carbons (Fsp3) is 0.889. The number of ether oxygens (including phenoxy) is 1. The summed E-state index contributed by atoms with van der Waals surface area (Å²) >= 11 is 0. The number of aliphatic hydroxyl groups is 1. The maximum atomic E-state index is 10.8. The van der Waals surface area contributed by atoms with Crippen LogP contribution in [-0.4, -0.2) is 48.8 Å². The third-order valence-electron chi connectivity index (χ3n) is 2.45. The monoisotopic (exact) mass is 187 g/mol. The van der Waals surface area contributed by atoms with Crippen LogP contribution in [0.3, 0.4) is 0 Å². The highest BCUT2D eigenvalue weighted by Gasteiger charge is 2.29. The fourth-order valence-electron chi connectivity index (χ4n) is 1.68. The van der Waals surface area contributed by atoms with E-state index in [-0.39, 0.29) is 24.6 Å². The molecule has 0 saturated carbocycles. The Kier molecular flexibility index (Phi) is 3.69. The molecule has 0 aliphatic carbocycles. The fourth-order valence-corrected chi connectivity index (χ4v) is 1.68. The van der Waals surface area contributed by atoms with Crippen molar-refractivity contribution in [1.29, 1.82) is 0 Å². The van der Waals surface area contributed by atoms with E-state index in [4.69, 9.17) is 9.84 Å². The quantitative estimate of drug-likeness (QED) is 0.611. The minimum Gasteiger partial charge on any atom is -0.461 e. The van der Waals surface area contributed by atoms with Gasteiger partial charge in [0.25, 0.3) is 0 Å². The van der Waals surface area contributed by atoms with Crippen LogP contribution in [0, 0.1) is 5.92 Å². The Morgan fingerprint density at radius 1 is 1.69 bits per heavy atom. The molecule has 0 aromatic heterocycles. The van der Waals surface area contributed by atoms with Crippen molar-refractivity contribution in [2.75, 3.05) is 26.7 Å². The SMILES string of the molecule is CC(=O)OC1CN(C)CCC1CO. The van der Waals surface area contributed by atoms with Crippen LogP contribution in [0.5, 0.6) is 0 Å². The van der Waals surface area contributed by atoms with Gasteiger partial charge >= 0.3 is 5.97 Å². The zero-order valence-corrected chi connectivity index (χ0v) is 8.19. The summed E-state index contributed by atoms with van der Waals surface area (Å²) in [5, 5.41) is 9.05. The van der Waals surface area contributed by atoms with Gasteiger partial charge in [0.1, 0.15) is 6.10 Å². The first-order valence-corrected chi connectivity index (χ1v) is 4.60. The van der Waals surface area contributed by atoms with Gasteiger partial charge in [-0.1, -0.05) is 0 Å². The van der Waals surface area contributed by atoms with E-state index in [1.54, 1.807) is 0 Å². The van der Waals surface area contributed by atoms with E-state index in [9.17, 15) is 4.79 Å². The molecule has 1 saturated heterocycles. The van der Waals surface area contributed by atoms with Crippen molar-refractivity contribution in [3.05, 3.63) is 0 Å². The summed E-state index contributed by atoms with van der Waals surface area (Å²) < 4.78 is 5.12. The first-order valence-electron chi connectivity index (χ1n) is 4.60. The molecule has 0 aromatic carbocycles. The second-order valence-corrected chi connectivity index (χ2v) is 3.64. The summed E-state index contributed by atoms with van der Waals surface area (Å²) in [6, 6.07) is 0. The molecular weight excluding hydrogens is 170 g/mol. The van der Waals surface area contributed by atoms with E-state index in [1.807, 2.05) is 7.05 Å². The van der Waals surface area contributed by atoms with Crippen LogP contribution in [0.1, 0.15) is 13.3 Å². The lowest BCUT2D eigenvalue weighted by Crippen LogP contribution is -2.45. The first kappa shape index (κ1) is 10.5. The maximum Gasteiger partial charge on any atom is 0.302 e. The Bertz CT molecular complexity index is 184. The highest BCUT2D eigenvalue weighted by Crippen LogP contribution is 2.19. The van der Waals surface area contributed by atoms with Crippen LogP contribution in [0.15, 0.2) is 0 Å². The predicted octanol–water partition coefficient (Wildman–Crippen LogP) is -0.138. The molecule has 2 atom stereocenters. The van der Waals surface area contributed by atoms with E-state index < -0.39 is 0 Å². The number of piperidine rings is 1. The predicted molar refractivity (Wildman–Crippen MR) is 48.2 cm³/mol. The maximum absolute atomic E-state index is 10.8. The molecule has 2 unspecified atom stereocenters. The summed E-state index contributed by atoms with van der Waals surface area (Å²) in [7, 11) is 1.99. The van der Waals surface area contributed by atoms with Gasteiger partial charge in [-0.2, -0.15) is 0 Å². The zero-order valence-electron chi connectivity index (χ0n) is 8.19. The second-order valence-electron chi connectivity index (χ2n) is 3.64. The van der Waals surface area contributed by atoms with E-state index in [1.165, 1.54) is 6.92 Å². The highest BCUT2D eigenvalue weighted by molar-refractivity contribution is 5.66. The van der Waals surface area contributed by atoms with Gasteiger partial charge in [0.2, 0.25) is 0 Å². The summed E-state index contributed by atoms with van der Waals surface area (Å²) in [4.78, 5) is 12.9. The van der Waals surface area contributed by atoms with Gasteiger partial charge in [-0.15, -0.1) is 0 Å². The van der Waals surface area contributed by atoms with Gasteiger partial charge in [0.15, 0.2) is 0 Å².